The van der Waals surface area contributed by atoms with Crippen molar-refractivity contribution >= 4 is 28.1 Å². The van der Waals surface area contributed by atoms with Crippen LogP contribution in [0, 0.1) is 13.8 Å². The summed E-state index contributed by atoms with van der Waals surface area (Å²) in [6.07, 6.45) is 1.95. The van der Waals surface area contributed by atoms with Gasteiger partial charge in [0, 0.05) is 16.6 Å². The topological polar surface area (TPSA) is 46.9 Å². The monoisotopic (exact) mass is 299 g/mol. The Balaban J connectivity index is 1.65. The number of para-hydroxylation sites is 1. The second-order valence-electron chi connectivity index (χ2n) is 5.02. The van der Waals surface area contributed by atoms with Gasteiger partial charge in [0.15, 0.2) is 0 Å². The van der Waals surface area contributed by atoms with Crippen LogP contribution in [0.25, 0.3) is 10.9 Å². The predicted octanol–water partition coefficient (Wildman–Crippen LogP) is 3.03. The standard InChI is InChI=1S/C16H17N3OS/c1-11-15(21-12(2)18-11)9-17-16(20)10-19-8-7-13-5-3-4-6-14(13)19/h3-8H,9-10H2,1-2H3,(H,17,20). The number of benzene rings is 1. The van der Waals surface area contributed by atoms with Crippen LogP contribution < -0.4 is 5.32 Å². The molecule has 1 amide bonds. The van der Waals surface area contributed by atoms with Crippen molar-refractivity contribution in [2.75, 3.05) is 0 Å². The molecule has 0 unspecified atom stereocenters. The zero-order valence-electron chi connectivity index (χ0n) is 12.1. The number of nitrogens with zero attached hydrogens (tertiary/aromatic N) is 2. The number of aryl methyl sites for hydroxylation is 2. The van der Waals surface area contributed by atoms with Crippen molar-refractivity contribution in [3.8, 4) is 0 Å². The molecular formula is C16H17N3OS. The number of hydrogen-bond acceptors (Lipinski definition) is 3. The highest BCUT2D eigenvalue weighted by molar-refractivity contribution is 7.11. The molecule has 2 aromatic heterocycles. The summed E-state index contributed by atoms with van der Waals surface area (Å²) in [6.45, 7) is 4.85. The van der Waals surface area contributed by atoms with Crippen LogP contribution in [-0.2, 0) is 17.9 Å². The molecule has 4 nitrogen and oxygen atoms in total. The van der Waals surface area contributed by atoms with E-state index in [-0.39, 0.29) is 5.91 Å². The fourth-order valence-electron chi connectivity index (χ4n) is 2.41. The first-order valence-electron chi connectivity index (χ1n) is 6.87. The van der Waals surface area contributed by atoms with Crippen LogP contribution in [0.3, 0.4) is 0 Å². The predicted molar refractivity (Wildman–Crippen MR) is 85.4 cm³/mol. The molecule has 0 fully saturated rings. The third-order valence-electron chi connectivity index (χ3n) is 3.44. The van der Waals surface area contributed by atoms with Gasteiger partial charge in [0.1, 0.15) is 6.54 Å². The summed E-state index contributed by atoms with van der Waals surface area (Å²) in [5.41, 5.74) is 2.08. The maximum Gasteiger partial charge on any atom is 0.240 e. The summed E-state index contributed by atoms with van der Waals surface area (Å²) in [6, 6.07) is 10.1. The van der Waals surface area contributed by atoms with Crippen molar-refractivity contribution in [1.82, 2.24) is 14.9 Å². The van der Waals surface area contributed by atoms with Gasteiger partial charge in [-0.05, 0) is 31.4 Å². The van der Waals surface area contributed by atoms with Crippen molar-refractivity contribution < 1.29 is 4.79 Å². The number of carbonyl (C=O) groups is 1. The number of rotatable bonds is 4. The summed E-state index contributed by atoms with van der Waals surface area (Å²) in [5.74, 6) is 0.0156. The quantitative estimate of drug-likeness (QED) is 0.805. The summed E-state index contributed by atoms with van der Waals surface area (Å²) in [5, 5.41) is 5.15. The van der Waals surface area contributed by atoms with E-state index >= 15 is 0 Å². The van der Waals surface area contributed by atoms with E-state index in [9.17, 15) is 4.79 Å². The minimum Gasteiger partial charge on any atom is -0.350 e. The van der Waals surface area contributed by atoms with E-state index in [1.807, 2.05) is 54.9 Å². The van der Waals surface area contributed by atoms with E-state index in [1.54, 1.807) is 11.3 Å². The number of fused-ring (bicyclic) bond motifs is 1. The number of amides is 1. The second kappa shape index (κ2) is 5.69. The van der Waals surface area contributed by atoms with Crippen LogP contribution in [0.4, 0.5) is 0 Å². The number of hydrogen-bond donors (Lipinski definition) is 1. The molecule has 1 N–H and O–H groups in total. The van der Waals surface area contributed by atoms with Crippen molar-refractivity contribution in [3.63, 3.8) is 0 Å². The highest BCUT2D eigenvalue weighted by Gasteiger charge is 2.08. The van der Waals surface area contributed by atoms with Gasteiger partial charge in [-0.2, -0.15) is 0 Å². The molecule has 108 valence electrons. The molecule has 3 rings (SSSR count). The largest absolute Gasteiger partial charge is 0.350 e. The van der Waals surface area contributed by atoms with Crippen LogP contribution >= 0.6 is 11.3 Å². The molecule has 0 aliphatic carbocycles. The molecule has 5 heteroatoms. The van der Waals surface area contributed by atoms with Gasteiger partial charge in [-0.3, -0.25) is 4.79 Å². The molecular weight excluding hydrogens is 282 g/mol. The van der Waals surface area contributed by atoms with Gasteiger partial charge in [0.25, 0.3) is 0 Å². The lowest BCUT2D eigenvalue weighted by Crippen LogP contribution is -2.26. The Morgan fingerprint density at radius 1 is 1.29 bits per heavy atom. The van der Waals surface area contributed by atoms with Crippen LogP contribution in [0.2, 0.25) is 0 Å². The molecule has 21 heavy (non-hydrogen) atoms. The van der Waals surface area contributed by atoms with Crippen LogP contribution in [-0.4, -0.2) is 15.5 Å². The minimum atomic E-state index is 0.0156. The molecule has 0 atom stereocenters. The van der Waals surface area contributed by atoms with E-state index in [1.165, 1.54) is 0 Å². The Hall–Kier alpha value is -2.14. The molecule has 0 bridgehead atoms. The van der Waals surface area contributed by atoms with E-state index in [4.69, 9.17) is 0 Å². The number of aromatic nitrogens is 2. The van der Waals surface area contributed by atoms with Crippen molar-refractivity contribution in [1.29, 1.82) is 0 Å². The highest BCUT2D eigenvalue weighted by atomic mass is 32.1. The minimum absolute atomic E-state index is 0.0156. The summed E-state index contributed by atoms with van der Waals surface area (Å²) < 4.78 is 1.97. The van der Waals surface area contributed by atoms with Crippen LogP contribution in [0.5, 0.6) is 0 Å². The molecule has 0 radical (unpaired) electrons. The first-order valence-corrected chi connectivity index (χ1v) is 7.68. The fourth-order valence-corrected chi connectivity index (χ4v) is 3.28. The molecule has 2 heterocycles. The summed E-state index contributed by atoms with van der Waals surface area (Å²) in [7, 11) is 0. The molecule has 1 aromatic carbocycles. The number of nitrogens with one attached hydrogen (secondary N) is 1. The third-order valence-corrected chi connectivity index (χ3v) is 4.51. The highest BCUT2D eigenvalue weighted by Crippen LogP contribution is 2.17. The van der Waals surface area contributed by atoms with Gasteiger partial charge < -0.3 is 9.88 Å². The zero-order chi connectivity index (χ0) is 14.8. The summed E-state index contributed by atoms with van der Waals surface area (Å²) >= 11 is 1.63. The van der Waals surface area contributed by atoms with Crippen molar-refractivity contribution in [2.24, 2.45) is 0 Å². The van der Waals surface area contributed by atoms with E-state index in [0.717, 1.165) is 26.5 Å². The average molecular weight is 299 g/mol. The lowest BCUT2D eigenvalue weighted by molar-refractivity contribution is -0.121. The van der Waals surface area contributed by atoms with Gasteiger partial charge in [-0.25, -0.2) is 4.98 Å². The Morgan fingerprint density at radius 3 is 2.86 bits per heavy atom. The van der Waals surface area contributed by atoms with Crippen molar-refractivity contribution in [3.05, 3.63) is 52.1 Å². The Labute approximate surface area is 127 Å². The number of thiazole rings is 1. The maximum absolute atomic E-state index is 12.1. The first kappa shape index (κ1) is 13.8. The Bertz CT molecular complexity index is 788. The fraction of sp³-hybridized carbons (Fsp3) is 0.250. The third kappa shape index (κ3) is 2.97. The maximum atomic E-state index is 12.1. The molecule has 0 saturated carbocycles. The van der Waals surface area contributed by atoms with Crippen LogP contribution in [0.15, 0.2) is 36.5 Å². The van der Waals surface area contributed by atoms with Crippen molar-refractivity contribution in [2.45, 2.75) is 26.9 Å². The average Bonchev–Trinajstić information content (AvgIpc) is 3.00. The summed E-state index contributed by atoms with van der Waals surface area (Å²) in [4.78, 5) is 17.6. The van der Waals surface area contributed by atoms with Crippen LogP contribution in [0.1, 0.15) is 15.6 Å². The Morgan fingerprint density at radius 2 is 2.10 bits per heavy atom. The van der Waals surface area contributed by atoms with Gasteiger partial charge in [0.2, 0.25) is 5.91 Å². The zero-order valence-corrected chi connectivity index (χ0v) is 12.9. The molecule has 3 aromatic rings. The van der Waals surface area contributed by atoms with Gasteiger partial charge >= 0.3 is 0 Å². The Kier molecular flexibility index (Phi) is 3.75. The molecule has 0 aliphatic rings. The van der Waals surface area contributed by atoms with Gasteiger partial charge in [0.05, 0.1) is 17.2 Å². The second-order valence-corrected chi connectivity index (χ2v) is 6.31. The lowest BCUT2D eigenvalue weighted by Gasteiger charge is -2.07. The normalized spacial score (nSPS) is 11.0. The smallest absolute Gasteiger partial charge is 0.240 e. The molecule has 0 saturated heterocycles. The van der Waals surface area contributed by atoms with E-state index in [2.05, 4.69) is 10.3 Å². The SMILES string of the molecule is Cc1nc(C)c(CNC(=O)Cn2ccc3ccccc32)s1. The molecule has 0 spiro atoms. The van der Waals surface area contributed by atoms with Gasteiger partial charge in [-0.1, -0.05) is 18.2 Å². The molecule has 0 aliphatic heterocycles. The lowest BCUT2D eigenvalue weighted by atomic mass is 10.2. The van der Waals surface area contributed by atoms with E-state index in [0.29, 0.717) is 13.1 Å². The van der Waals surface area contributed by atoms with E-state index < -0.39 is 0 Å². The van der Waals surface area contributed by atoms with Gasteiger partial charge in [-0.15, -0.1) is 11.3 Å². The number of carbonyl (C=O) groups excluding carboxylic acids is 1. The first-order chi connectivity index (χ1) is 10.1.